The Labute approximate surface area is 199 Å². The van der Waals surface area contributed by atoms with Crippen LogP contribution in [-0.4, -0.2) is 58.4 Å². The summed E-state index contributed by atoms with van der Waals surface area (Å²) in [5.41, 5.74) is 1.17. The molecule has 3 aromatic rings. The Kier molecular flexibility index (Phi) is 6.13. The van der Waals surface area contributed by atoms with Crippen molar-refractivity contribution in [1.29, 1.82) is 5.26 Å². The number of hydrogen-bond donors (Lipinski definition) is 0. The Morgan fingerprint density at radius 1 is 1.32 bits per heavy atom. The number of amides is 2. The number of likely N-dealkylation sites (N-methyl/N-ethyl adjacent to an activating group) is 2. The third kappa shape index (κ3) is 4.13. The van der Waals surface area contributed by atoms with Gasteiger partial charge in [-0.2, -0.15) is 5.26 Å². The number of halogens is 2. The Morgan fingerprint density at radius 2 is 2.09 bits per heavy atom. The maximum absolute atomic E-state index is 14.5. The molecule has 2 aromatic heterocycles. The summed E-state index contributed by atoms with van der Waals surface area (Å²) in [5.74, 6) is -1.46. The third-order valence-electron chi connectivity index (χ3n) is 5.40. The van der Waals surface area contributed by atoms with Gasteiger partial charge in [0.1, 0.15) is 24.5 Å². The number of fused-ring (bicyclic) bond motifs is 1. The van der Waals surface area contributed by atoms with Gasteiger partial charge < -0.3 is 9.64 Å². The van der Waals surface area contributed by atoms with Gasteiger partial charge in [-0.1, -0.05) is 17.7 Å². The summed E-state index contributed by atoms with van der Waals surface area (Å²) in [6.07, 6.45) is 2.54. The first-order valence-electron chi connectivity index (χ1n) is 10.1. The maximum Gasteiger partial charge on any atom is 0.292 e. The van der Waals surface area contributed by atoms with E-state index in [9.17, 15) is 14.0 Å². The first kappa shape index (κ1) is 23.1. The van der Waals surface area contributed by atoms with Crippen molar-refractivity contribution in [3.8, 4) is 23.1 Å². The molecular weight excluding hydrogens is 463 g/mol. The second-order valence-corrected chi connectivity index (χ2v) is 8.08. The number of benzene rings is 1. The second kappa shape index (κ2) is 9.03. The van der Waals surface area contributed by atoms with Crippen molar-refractivity contribution in [2.45, 2.75) is 13.0 Å². The zero-order chi connectivity index (χ0) is 24.6. The van der Waals surface area contributed by atoms with Gasteiger partial charge in [-0.3, -0.25) is 14.5 Å². The molecule has 1 aromatic carbocycles. The van der Waals surface area contributed by atoms with Gasteiger partial charge in [0.25, 0.3) is 11.8 Å². The molecule has 34 heavy (non-hydrogen) atoms. The molecule has 9 nitrogen and oxygen atoms in total. The van der Waals surface area contributed by atoms with E-state index in [1.807, 2.05) is 6.07 Å². The molecule has 0 bridgehead atoms. The molecule has 3 heterocycles. The van der Waals surface area contributed by atoms with Gasteiger partial charge in [0.05, 0.1) is 22.5 Å². The molecule has 1 aliphatic rings. The van der Waals surface area contributed by atoms with Crippen LogP contribution in [0.5, 0.6) is 5.75 Å². The monoisotopic (exact) mass is 480 g/mol. The highest BCUT2D eigenvalue weighted by Gasteiger charge is 2.36. The van der Waals surface area contributed by atoms with Crippen molar-refractivity contribution in [1.82, 2.24) is 19.9 Å². The van der Waals surface area contributed by atoms with Crippen LogP contribution in [0.25, 0.3) is 11.3 Å². The molecule has 0 N–H and O–H groups in total. The molecule has 0 spiro atoms. The summed E-state index contributed by atoms with van der Waals surface area (Å²) in [6.45, 7) is 1.57. The Hall–Kier alpha value is -4.10. The Bertz CT molecular complexity index is 1360. The number of aryl methyl sites for hydroxylation is 1. The molecule has 0 radical (unpaired) electrons. The van der Waals surface area contributed by atoms with Crippen LogP contribution in [-0.2, 0) is 4.79 Å². The number of carbonyl (C=O) groups is 2. The van der Waals surface area contributed by atoms with E-state index < -0.39 is 23.7 Å². The smallest absolute Gasteiger partial charge is 0.292 e. The molecule has 0 unspecified atom stereocenters. The summed E-state index contributed by atoms with van der Waals surface area (Å²) in [4.78, 5) is 41.0. The standard InChI is InChI=1S/C23H18ClFN6O3/c1-12-4-5-14(16(25)6-12)19-15(24)10-27-20(29-19)23(33)30(2)17-11-34-18-7-13(8-26)9-28-21(18)31(3)22(17)32/h4-7,9-10,17H,11H2,1-3H3/t17-/m0/s1. The normalized spacial score (nSPS) is 15.1. The van der Waals surface area contributed by atoms with Gasteiger partial charge in [0.2, 0.25) is 5.82 Å². The summed E-state index contributed by atoms with van der Waals surface area (Å²) < 4.78 is 20.2. The highest BCUT2D eigenvalue weighted by Crippen LogP contribution is 2.31. The Morgan fingerprint density at radius 3 is 2.79 bits per heavy atom. The van der Waals surface area contributed by atoms with Crippen LogP contribution >= 0.6 is 11.6 Å². The topological polar surface area (TPSA) is 112 Å². The number of carbonyl (C=O) groups excluding carboxylic acids is 2. The van der Waals surface area contributed by atoms with E-state index in [0.717, 1.165) is 10.5 Å². The van der Waals surface area contributed by atoms with Gasteiger partial charge in [-0.15, -0.1) is 0 Å². The zero-order valence-electron chi connectivity index (χ0n) is 18.4. The number of rotatable bonds is 3. The summed E-state index contributed by atoms with van der Waals surface area (Å²) in [5, 5.41) is 9.17. The SMILES string of the molecule is Cc1ccc(-c2nc(C(=O)N(C)[C@H]3COc4cc(C#N)cnc4N(C)C3=O)ncc2Cl)c(F)c1. The van der Waals surface area contributed by atoms with Crippen LogP contribution in [0, 0.1) is 24.1 Å². The van der Waals surface area contributed by atoms with Crippen LogP contribution in [0.1, 0.15) is 21.7 Å². The fraction of sp³-hybridized carbons (Fsp3) is 0.217. The molecule has 172 valence electrons. The second-order valence-electron chi connectivity index (χ2n) is 7.67. The molecule has 2 amide bonds. The van der Waals surface area contributed by atoms with Gasteiger partial charge in [-0.25, -0.2) is 19.3 Å². The van der Waals surface area contributed by atoms with E-state index in [2.05, 4.69) is 15.0 Å². The van der Waals surface area contributed by atoms with Crippen LogP contribution in [0.15, 0.2) is 36.7 Å². The minimum atomic E-state index is -1.03. The van der Waals surface area contributed by atoms with E-state index in [4.69, 9.17) is 21.6 Å². The number of pyridine rings is 1. The highest BCUT2D eigenvalue weighted by atomic mass is 35.5. The van der Waals surface area contributed by atoms with Crippen molar-refractivity contribution in [3.05, 3.63) is 64.5 Å². The van der Waals surface area contributed by atoms with E-state index in [1.54, 1.807) is 13.0 Å². The number of nitrogens with zero attached hydrogens (tertiary/aromatic N) is 6. The van der Waals surface area contributed by atoms with E-state index in [1.165, 1.54) is 49.6 Å². The lowest BCUT2D eigenvalue weighted by molar-refractivity contribution is -0.123. The molecule has 1 aliphatic heterocycles. The molecular formula is C23H18ClFN6O3. The lowest BCUT2D eigenvalue weighted by Crippen LogP contribution is -2.50. The first-order chi connectivity index (χ1) is 16.2. The minimum Gasteiger partial charge on any atom is -0.487 e. The van der Waals surface area contributed by atoms with Crippen LogP contribution < -0.4 is 9.64 Å². The van der Waals surface area contributed by atoms with Crippen molar-refractivity contribution in [2.75, 3.05) is 25.6 Å². The average Bonchev–Trinajstić information content (AvgIpc) is 2.95. The molecule has 0 fully saturated rings. The molecule has 0 saturated carbocycles. The summed E-state index contributed by atoms with van der Waals surface area (Å²) in [6, 6.07) is 6.96. The molecule has 0 saturated heterocycles. The van der Waals surface area contributed by atoms with Crippen LogP contribution in [0.4, 0.5) is 10.2 Å². The number of hydrogen-bond acceptors (Lipinski definition) is 7. The van der Waals surface area contributed by atoms with Crippen molar-refractivity contribution >= 4 is 29.2 Å². The summed E-state index contributed by atoms with van der Waals surface area (Å²) in [7, 11) is 2.91. The number of nitriles is 1. The predicted molar refractivity (Wildman–Crippen MR) is 121 cm³/mol. The largest absolute Gasteiger partial charge is 0.487 e. The Balaban J connectivity index is 1.64. The van der Waals surface area contributed by atoms with Crippen molar-refractivity contribution in [3.63, 3.8) is 0 Å². The predicted octanol–water partition coefficient (Wildman–Crippen LogP) is 3.01. The minimum absolute atomic E-state index is 0.0621. The van der Waals surface area contributed by atoms with E-state index in [0.29, 0.717) is 0 Å². The highest BCUT2D eigenvalue weighted by molar-refractivity contribution is 6.33. The zero-order valence-corrected chi connectivity index (χ0v) is 19.2. The van der Waals surface area contributed by atoms with E-state index in [-0.39, 0.29) is 45.8 Å². The number of ether oxygens (including phenoxy) is 1. The number of aromatic nitrogens is 3. The van der Waals surface area contributed by atoms with Crippen LogP contribution in [0.2, 0.25) is 5.02 Å². The van der Waals surface area contributed by atoms with Gasteiger partial charge in [0, 0.05) is 31.9 Å². The van der Waals surface area contributed by atoms with Crippen molar-refractivity contribution < 1.29 is 18.7 Å². The van der Waals surface area contributed by atoms with Gasteiger partial charge >= 0.3 is 0 Å². The third-order valence-corrected chi connectivity index (χ3v) is 5.67. The quantitative estimate of drug-likeness (QED) is 0.566. The molecule has 4 rings (SSSR count). The van der Waals surface area contributed by atoms with Gasteiger partial charge in [0.15, 0.2) is 11.6 Å². The van der Waals surface area contributed by atoms with Crippen LogP contribution in [0.3, 0.4) is 0 Å². The average molecular weight is 481 g/mol. The fourth-order valence-corrected chi connectivity index (χ4v) is 3.67. The fourth-order valence-electron chi connectivity index (χ4n) is 3.47. The molecule has 1 atom stereocenters. The number of anilines is 1. The summed E-state index contributed by atoms with van der Waals surface area (Å²) >= 11 is 6.19. The van der Waals surface area contributed by atoms with Crippen molar-refractivity contribution in [2.24, 2.45) is 0 Å². The van der Waals surface area contributed by atoms with Gasteiger partial charge in [-0.05, 0) is 24.6 Å². The maximum atomic E-state index is 14.5. The van der Waals surface area contributed by atoms with E-state index >= 15 is 0 Å². The first-order valence-corrected chi connectivity index (χ1v) is 10.5. The lowest BCUT2D eigenvalue weighted by Gasteiger charge is -2.26. The molecule has 11 heteroatoms. The molecule has 0 aliphatic carbocycles. The lowest BCUT2D eigenvalue weighted by atomic mass is 10.1.